The van der Waals surface area contributed by atoms with Crippen LogP contribution < -0.4 is 5.73 Å². The second-order valence-electron chi connectivity index (χ2n) is 4.39. The number of thioether (sulfide) groups is 1. The van der Waals surface area contributed by atoms with E-state index in [2.05, 4.69) is 6.07 Å². The zero-order valence-electron chi connectivity index (χ0n) is 9.77. The lowest BCUT2D eigenvalue weighted by Crippen LogP contribution is -2.32. The van der Waals surface area contributed by atoms with Gasteiger partial charge in [-0.1, -0.05) is 29.8 Å². The molecule has 0 bridgehead atoms. The smallest absolute Gasteiger partial charge is 0.0510 e. The van der Waals surface area contributed by atoms with Crippen LogP contribution in [0.5, 0.6) is 0 Å². The first-order chi connectivity index (χ1) is 8.27. The highest BCUT2D eigenvalue weighted by molar-refractivity contribution is 7.98. The number of rotatable bonds is 5. The monoisotopic (exact) mass is 271 g/mol. The van der Waals surface area contributed by atoms with Crippen molar-refractivity contribution < 1.29 is 4.74 Å². The number of nitrogens with two attached hydrogens (primary N) is 1. The molecule has 1 heterocycles. The number of hydrogen-bond donors (Lipinski definition) is 1. The number of hydrogen-bond acceptors (Lipinski definition) is 3. The Bertz CT molecular complexity index is 355. The van der Waals surface area contributed by atoms with Gasteiger partial charge in [0.25, 0.3) is 0 Å². The summed E-state index contributed by atoms with van der Waals surface area (Å²) in [6.45, 7) is 1.70. The standard InChI is InChI=1S/C13H18ClNOS/c14-12-4-2-1-3-11(12)8-17-9-13(15)10-5-6-16-7-10/h1-4,10,13H,5-9,15H2. The number of ether oxygens (including phenoxy) is 1. The average molecular weight is 272 g/mol. The van der Waals surface area contributed by atoms with Gasteiger partial charge in [-0.2, -0.15) is 11.8 Å². The molecule has 2 nitrogen and oxygen atoms in total. The largest absolute Gasteiger partial charge is 0.381 e. The third-order valence-electron chi connectivity index (χ3n) is 3.10. The molecule has 2 unspecified atom stereocenters. The Balaban J connectivity index is 1.74. The number of halogens is 1. The van der Waals surface area contributed by atoms with E-state index in [0.29, 0.717) is 5.92 Å². The van der Waals surface area contributed by atoms with Gasteiger partial charge in [0.05, 0.1) is 6.61 Å². The molecule has 4 heteroatoms. The summed E-state index contributed by atoms with van der Waals surface area (Å²) in [4.78, 5) is 0. The summed E-state index contributed by atoms with van der Waals surface area (Å²) in [6.07, 6.45) is 1.10. The molecule has 0 radical (unpaired) electrons. The molecule has 1 aliphatic heterocycles. The highest BCUT2D eigenvalue weighted by Crippen LogP contribution is 2.23. The van der Waals surface area contributed by atoms with Gasteiger partial charge in [0.1, 0.15) is 0 Å². The van der Waals surface area contributed by atoms with Crippen molar-refractivity contribution in [2.24, 2.45) is 11.7 Å². The van der Waals surface area contributed by atoms with Gasteiger partial charge in [-0.3, -0.25) is 0 Å². The quantitative estimate of drug-likeness (QED) is 0.894. The van der Waals surface area contributed by atoms with E-state index in [9.17, 15) is 0 Å². The van der Waals surface area contributed by atoms with Crippen molar-refractivity contribution in [3.8, 4) is 0 Å². The molecule has 2 N–H and O–H groups in total. The molecular formula is C13H18ClNOS. The predicted octanol–water partition coefficient (Wildman–Crippen LogP) is 2.94. The lowest BCUT2D eigenvalue weighted by molar-refractivity contribution is 0.182. The summed E-state index contributed by atoms with van der Waals surface area (Å²) >= 11 is 7.95. The van der Waals surface area contributed by atoms with Crippen LogP contribution in [0.3, 0.4) is 0 Å². The van der Waals surface area contributed by atoms with E-state index >= 15 is 0 Å². The Morgan fingerprint density at radius 3 is 3.00 bits per heavy atom. The second kappa shape index (κ2) is 6.64. The highest BCUT2D eigenvalue weighted by Gasteiger charge is 2.22. The minimum atomic E-state index is 0.241. The van der Waals surface area contributed by atoms with Gasteiger partial charge < -0.3 is 10.5 Å². The molecule has 1 aromatic rings. The lowest BCUT2D eigenvalue weighted by atomic mass is 10.0. The van der Waals surface area contributed by atoms with Crippen LogP contribution in [-0.2, 0) is 10.5 Å². The molecule has 94 valence electrons. The third-order valence-corrected chi connectivity index (χ3v) is 4.60. The first-order valence-electron chi connectivity index (χ1n) is 5.92. The normalized spacial score (nSPS) is 21.6. The van der Waals surface area contributed by atoms with E-state index in [0.717, 1.165) is 36.2 Å². The molecular weight excluding hydrogens is 254 g/mol. The molecule has 0 amide bonds. The molecule has 0 saturated carbocycles. The van der Waals surface area contributed by atoms with E-state index in [4.69, 9.17) is 22.1 Å². The molecule has 1 fully saturated rings. The third kappa shape index (κ3) is 3.88. The van der Waals surface area contributed by atoms with E-state index in [1.54, 1.807) is 0 Å². The van der Waals surface area contributed by atoms with E-state index in [-0.39, 0.29) is 6.04 Å². The van der Waals surface area contributed by atoms with Crippen LogP contribution in [-0.4, -0.2) is 25.0 Å². The van der Waals surface area contributed by atoms with Crippen LogP contribution in [0.15, 0.2) is 24.3 Å². The fourth-order valence-electron chi connectivity index (χ4n) is 1.95. The molecule has 0 aromatic heterocycles. The molecule has 0 spiro atoms. The SMILES string of the molecule is NC(CSCc1ccccc1Cl)C1CCOC1. The van der Waals surface area contributed by atoms with Crippen molar-refractivity contribution in [2.45, 2.75) is 18.2 Å². The van der Waals surface area contributed by atoms with Crippen LogP contribution in [0.2, 0.25) is 5.02 Å². The Morgan fingerprint density at radius 1 is 1.47 bits per heavy atom. The van der Waals surface area contributed by atoms with Gasteiger partial charge in [-0.15, -0.1) is 0 Å². The molecule has 2 rings (SSSR count). The Kier molecular flexibility index (Phi) is 5.16. The fraction of sp³-hybridized carbons (Fsp3) is 0.538. The maximum absolute atomic E-state index is 6.15. The van der Waals surface area contributed by atoms with Crippen molar-refractivity contribution in [2.75, 3.05) is 19.0 Å². The maximum atomic E-state index is 6.15. The second-order valence-corrected chi connectivity index (χ2v) is 5.83. The van der Waals surface area contributed by atoms with E-state index < -0.39 is 0 Å². The summed E-state index contributed by atoms with van der Waals surface area (Å²) in [6, 6.07) is 8.22. The molecule has 0 aliphatic carbocycles. The lowest BCUT2D eigenvalue weighted by Gasteiger charge is -2.17. The Morgan fingerprint density at radius 2 is 2.29 bits per heavy atom. The summed E-state index contributed by atoms with van der Waals surface area (Å²) in [5.41, 5.74) is 7.34. The van der Waals surface area contributed by atoms with Crippen molar-refractivity contribution in [3.63, 3.8) is 0 Å². The zero-order chi connectivity index (χ0) is 12.1. The van der Waals surface area contributed by atoms with Crippen LogP contribution in [0.25, 0.3) is 0 Å². The van der Waals surface area contributed by atoms with Gasteiger partial charge >= 0.3 is 0 Å². The first-order valence-corrected chi connectivity index (χ1v) is 7.45. The number of benzene rings is 1. The maximum Gasteiger partial charge on any atom is 0.0510 e. The van der Waals surface area contributed by atoms with E-state index in [1.165, 1.54) is 5.56 Å². The minimum absolute atomic E-state index is 0.241. The average Bonchev–Trinajstić information content (AvgIpc) is 2.85. The summed E-state index contributed by atoms with van der Waals surface area (Å²) in [7, 11) is 0. The Hall–Kier alpha value is -0.220. The van der Waals surface area contributed by atoms with Crippen LogP contribution >= 0.6 is 23.4 Å². The highest BCUT2D eigenvalue weighted by atomic mass is 35.5. The fourth-order valence-corrected chi connectivity index (χ4v) is 3.36. The Labute approximate surface area is 112 Å². The molecule has 17 heavy (non-hydrogen) atoms. The summed E-state index contributed by atoms with van der Waals surface area (Å²) in [5, 5.41) is 0.845. The van der Waals surface area contributed by atoms with Crippen LogP contribution in [0.4, 0.5) is 0 Å². The molecule has 1 aromatic carbocycles. The predicted molar refractivity (Wildman–Crippen MR) is 74.5 cm³/mol. The van der Waals surface area contributed by atoms with E-state index in [1.807, 2.05) is 30.0 Å². The summed E-state index contributed by atoms with van der Waals surface area (Å²) in [5.74, 6) is 2.44. The zero-order valence-corrected chi connectivity index (χ0v) is 11.3. The first kappa shape index (κ1) is 13.2. The van der Waals surface area contributed by atoms with Gasteiger partial charge in [-0.05, 0) is 18.1 Å². The van der Waals surface area contributed by atoms with Gasteiger partial charge in [-0.25, -0.2) is 0 Å². The van der Waals surface area contributed by atoms with Gasteiger partial charge in [0, 0.05) is 35.1 Å². The van der Waals surface area contributed by atoms with Crippen molar-refractivity contribution >= 4 is 23.4 Å². The van der Waals surface area contributed by atoms with Gasteiger partial charge in [0.15, 0.2) is 0 Å². The van der Waals surface area contributed by atoms with Gasteiger partial charge in [0.2, 0.25) is 0 Å². The minimum Gasteiger partial charge on any atom is -0.381 e. The van der Waals surface area contributed by atoms with Crippen molar-refractivity contribution in [1.29, 1.82) is 0 Å². The molecule has 2 atom stereocenters. The van der Waals surface area contributed by atoms with Crippen molar-refractivity contribution in [3.05, 3.63) is 34.9 Å². The summed E-state index contributed by atoms with van der Waals surface area (Å²) < 4.78 is 5.35. The van der Waals surface area contributed by atoms with Crippen LogP contribution in [0.1, 0.15) is 12.0 Å². The van der Waals surface area contributed by atoms with Crippen molar-refractivity contribution in [1.82, 2.24) is 0 Å². The molecule has 1 aliphatic rings. The topological polar surface area (TPSA) is 35.2 Å². The molecule has 1 saturated heterocycles. The van der Waals surface area contributed by atoms with Crippen LogP contribution in [0, 0.1) is 5.92 Å².